The molecule has 0 saturated carbocycles. The van der Waals surface area contributed by atoms with E-state index in [9.17, 15) is 14.4 Å². The smallest absolute Gasteiger partial charge is 0.331 e. The van der Waals surface area contributed by atoms with E-state index in [0.29, 0.717) is 16.9 Å². The number of fused-ring (bicyclic) bond motifs is 2. The summed E-state index contributed by atoms with van der Waals surface area (Å²) < 4.78 is 3.57. The number of nitrogens with one attached hydrogen (secondary N) is 1. The predicted octanol–water partition coefficient (Wildman–Crippen LogP) is 1.55. The number of aromatic nitrogens is 5. The summed E-state index contributed by atoms with van der Waals surface area (Å²) in [7, 11) is 0. The van der Waals surface area contributed by atoms with E-state index in [0.717, 1.165) is 15.7 Å². The minimum absolute atomic E-state index is 0.132. The van der Waals surface area contributed by atoms with E-state index >= 15 is 0 Å². The molecule has 1 amide bonds. The van der Waals surface area contributed by atoms with E-state index in [2.05, 4.69) is 31.0 Å². The van der Waals surface area contributed by atoms with Crippen molar-refractivity contribution in [3.05, 3.63) is 85.4 Å². The zero-order chi connectivity index (χ0) is 20.8. The Morgan fingerprint density at radius 2 is 2.03 bits per heavy atom. The molecule has 9 nitrogen and oxygen atoms in total. The second kappa shape index (κ2) is 7.06. The topological polar surface area (TPSA) is 105 Å². The zero-order valence-corrected chi connectivity index (χ0v) is 17.2. The van der Waals surface area contributed by atoms with Gasteiger partial charge in [0.1, 0.15) is 6.54 Å². The fraction of sp³-hybridized carbons (Fsp3) is 0.150. The highest BCUT2D eigenvalue weighted by molar-refractivity contribution is 9.10. The Labute approximate surface area is 177 Å². The Balaban J connectivity index is 1.45. The monoisotopic (exact) mass is 466 g/mol. The lowest BCUT2D eigenvalue weighted by Crippen LogP contribution is -2.34. The van der Waals surface area contributed by atoms with Crippen LogP contribution in [0.4, 0.5) is 0 Å². The number of hydrogen-bond acceptors (Lipinski definition) is 5. The molecule has 0 unspecified atom stereocenters. The predicted molar refractivity (Wildman–Crippen MR) is 112 cm³/mol. The molecule has 0 aliphatic carbocycles. The summed E-state index contributed by atoms with van der Waals surface area (Å²) >= 11 is 3.45. The fourth-order valence-electron chi connectivity index (χ4n) is 3.56. The maximum absolute atomic E-state index is 13.0. The van der Waals surface area contributed by atoms with Crippen LogP contribution in [0.25, 0.3) is 16.9 Å². The first-order valence-corrected chi connectivity index (χ1v) is 9.97. The van der Waals surface area contributed by atoms with Gasteiger partial charge in [-0.2, -0.15) is 0 Å². The lowest BCUT2D eigenvalue weighted by Gasteiger charge is -2.15. The Morgan fingerprint density at radius 3 is 2.83 bits per heavy atom. The van der Waals surface area contributed by atoms with Crippen LogP contribution in [0, 0.1) is 0 Å². The average Bonchev–Trinajstić information content (AvgIpc) is 3.35. The van der Waals surface area contributed by atoms with Crippen molar-refractivity contribution >= 4 is 27.5 Å². The number of rotatable bonds is 3. The molecule has 1 aliphatic heterocycles. The minimum atomic E-state index is -0.492. The van der Waals surface area contributed by atoms with Gasteiger partial charge in [-0.05, 0) is 18.2 Å². The van der Waals surface area contributed by atoms with Crippen molar-refractivity contribution in [1.29, 1.82) is 0 Å². The van der Waals surface area contributed by atoms with Crippen molar-refractivity contribution in [2.75, 3.05) is 0 Å². The normalized spacial score (nSPS) is 13.0. The Hall–Kier alpha value is -3.53. The van der Waals surface area contributed by atoms with Crippen LogP contribution < -0.4 is 11.2 Å². The molecule has 150 valence electrons. The van der Waals surface area contributed by atoms with Crippen molar-refractivity contribution < 1.29 is 4.79 Å². The summed E-state index contributed by atoms with van der Waals surface area (Å²) in [4.78, 5) is 47.1. The lowest BCUT2D eigenvalue weighted by molar-refractivity contribution is -0.132. The summed E-state index contributed by atoms with van der Waals surface area (Å²) in [6.45, 7) is 0.252. The van der Waals surface area contributed by atoms with Gasteiger partial charge in [-0.15, -0.1) is 0 Å². The number of carbonyl (C=O) groups is 1. The van der Waals surface area contributed by atoms with Crippen molar-refractivity contribution in [2.24, 2.45) is 0 Å². The molecule has 0 saturated heterocycles. The number of hydrogen-bond donors (Lipinski definition) is 1. The van der Waals surface area contributed by atoms with Gasteiger partial charge in [0.25, 0.3) is 5.56 Å². The maximum atomic E-state index is 13.0. The molecule has 0 atom stereocenters. The molecule has 1 aliphatic rings. The number of nitrogens with zero attached hydrogens (tertiary/aromatic N) is 5. The van der Waals surface area contributed by atoms with Gasteiger partial charge in [-0.25, -0.2) is 19.3 Å². The van der Waals surface area contributed by atoms with Gasteiger partial charge >= 0.3 is 5.69 Å². The van der Waals surface area contributed by atoms with Crippen LogP contribution in [0.15, 0.2) is 62.9 Å². The molecule has 0 fully saturated rings. The molecule has 30 heavy (non-hydrogen) atoms. The van der Waals surface area contributed by atoms with E-state index in [1.165, 1.54) is 26.4 Å². The Morgan fingerprint density at radius 1 is 1.17 bits per heavy atom. The van der Waals surface area contributed by atoms with Crippen LogP contribution in [0.3, 0.4) is 0 Å². The van der Waals surface area contributed by atoms with E-state index in [4.69, 9.17) is 0 Å². The average molecular weight is 467 g/mol. The van der Waals surface area contributed by atoms with Gasteiger partial charge in [-0.3, -0.25) is 19.3 Å². The van der Waals surface area contributed by atoms with Crippen molar-refractivity contribution in [3.63, 3.8) is 0 Å². The first kappa shape index (κ1) is 18.5. The van der Waals surface area contributed by atoms with Gasteiger partial charge in [-0.1, -0.05) is 28.1 Å². The molecule has 0 bridgehead atoms. The number of carbonyl (C=O) groups excluding carboxylic acids is 1. The molecule has 1 aromatic carbocycles. The van der Waals surface area contributed by atoms with Gasteiger partial charge in [0, 0.05) is 28.5 Å². The summed E-state index contributed by atoms with van der Waals surface area (Å²) in [6, 6.07) is 11.1. The SMILES string of the molecule is O=C(Cn1cccnc1=O)N1Cc2nc3cc(-c4cccc(Br)c4)[nH]n3c(=O)c2C1. The number of H-pyrrole nitrogens is 1. The third-order valence-corrected chi connectivity index (χ3v) is 5.55. The van der Waals surface area contributed by atoms with E-state index in [1.54, 1.807) is 6.07 Å². The molecular formula is C20H15BrN6O3. The van der Waals surface area contributed by atoms with Crippen LogP contribution in [0.2, 0.25) is 0 Å². The molecule has 10 heteroatoms. The third kappa shape index (κ3) is 3.14. The highest BCUT2D eigenvalue weighted by atomic mass is 79.9. The molecular weight excluding hydrogens is 452 g/mol. The number of amides is 1. The van der Waals surface area contributed by atoms with Crippen LogP contribution in [-0.2, 0) is 24.4 Å². The van der Waals surface area contributed by atoms with Crippen LogP contribution in [-0.4, -0.2) is 35.0 Å². The van der Waals surface area contributed by atoms with Crippen LogP contribution in [0.1, 0.15) is 11.3 Å². The maximum Gasteiger partial charge on any atom is 0.347 e. The molecule has 5 rings (SSSR count). The number of halogens is 1. The first-order valence-electron chi connectivity index (χ1n) is 9.18. The second-order valence-electron chi connectivity index (χ2n) is 7.00. The second-order valence-corrected chi connectivity index (χ2v) is 7.91. The molecule has 0 spiro atoms. The van der Waals surface area contributed by atoms with Gasteiger partial charge in [0.15, 0.2) is 5.65 Å². The summed E-state index contributed by atoms with van der Waals surface area (Å²) in [5, 5.41) is 3.09. The van der Waals surface area contributed by atoms with E-state index in [1.807, 2.05) is 30.3 Å². The third-order valence-electron chi connectivity index (χ3n) is 5.06. The van der Waals surface area contributed by atoms with Crippen LogP contribution >= 0.6 is 15.9 Å². The van der Waals surface area contributed by atoms with Gasteiger partial charge < -0.3 is 4.90 Å². The molecule has 1 N–H and O–H groups in total. The van der Waals surface area contributed by atoms with Crippen molar-refractivity contribution in [1.82, 2.24) is 29.0 Å². The van der Waals surface area contributed by atoms with Gasteiger partial charge in [0.2, 0.25) is 5.91 Å². The molecule has 3 aromatic heterocycles. The Bertz CT molecular complexity index is 1420. The van der Waals surface area contributed by atoms with E-state index < -0.39 is 5.69 Å². The van der Waals surface area contributed by atoms with Gasteiger partial charge in [0.05, 0.1) is 30.0 Å². The number of aromatic amines is 1. The van der Waals surface area contributed by atoms with Crippen molar-refractivity contribution in [2.45, 2.75) is 19.6 Å². The molecule has 4 heterocycles. The molecule has 4 aromatic rings. The lowest BCUT2D eigenvalue weighted by atomic mass is 10.2. The summed E-state index contributed by atoms with van der Waals surface area (Å²) in [5.41, 5.74) is 2.51. The minimum Gasteiger partial charge on any atom is -0.331 e. The standard InChI is InChI=1S/C20H15BrN6O3/c21-13-4-1-3-12(7-13)15-8-17-23-16-10-26(9-14(16)19(29)27(17)24-15)18(28)11-25-6-2-5-22-20(25)30/h1-8,24H,9-11H2. The largest absolute Gasteiger partial charge is 0.347 e. The quantitative estimate of drug-likeness (QED) is 0.493. The van der Waals surface area contributed by atoms with Crippen LogP contribution in [0.5, 0.6) is 0 Å². The summed E-state index contributed by atoms with van der Waals surface area (Å²) in [5.74, 6) is -0.272. The fourth-order valence-corrected chi connectivity index (χ4v) is 3.95. The Kier molecular flexibility index (Phi) is 4.35. The molecule has 0 radical (unpaired) electrons. The van der Waals surface area contributed by atoms with E-state index in [-0.39, 0.29) is 31.1 Å². The highest BCUT2D eigenvalue weighted by Crippen LogP contribution is 2.24. The highest BCUT2D eigenvalue weighted by Gasteiger charge is 2.28. The van der Waals surface area contributed by atoms with Crippen molar-refractivity contribution in [3.8, 4) is 11.3 Å². The first-order chi connectivity index (χ1) is 14.5. The summed E-state index contributed by atoms with van der Waals surface area (Å²) in [6.07, 6.45) is 2.89. The number of benzene rings is 1. The zero-order valence-electron chi connectivity index (χ0n) is 15.6.